The third-order valence-corrected chi connectivity index (χ3v) is 4.78. The van der Waals surface area contributed by atoms with E-state index in [4.69, 9.17) is 8.83 Å². The monoisotopic (exact) mass is 363 g/mol. The van der Waals surface area contributed by atoms with Crippen molar-refractivity contribution in [2.24, 2.45) is 0 Å². The molecule has 1 aliphatic heterocycles. The molecule has 1 aromatic carbocycles. The third-order valence-electron chi connectivity index (χ3n) is 4.78. The molecule has 0 saturated heterocycles. The van der Waals surface area contributed by atoms with Crippen LogP contribution in [0, 0.1) is 13.8 Å². The fourth-order valence-electron chi connectivity index (χ4n) is 3.24. The highest BCUT2D eigenvalue weighted by Gasteiger charge is 2.46. The van der Waals surface area contributed by atoms with Gasteiger partial charge in [-0.2, -0.15) is 0 Å². The number of benzene rings is 1. The van der Waals surface area contributed by atoms with Crippen molar-refractivity contribution in [1.29, 1.82) is 0 Å². The molecule has 136 valence electrons. The van der Waals surface area contributed by atoms with E-state index in [1.54, 1.807) is 24.3 Å². The maximum absolute atomic E-state index is 12.9. The minimum atomic E-state index is -0.882. The zero-order valence-corrected chi connectivity index (χ0v) is 14.8. The summed E-state index contributed by atoms with van der Waals surface area (Å²) >= 11 is 0. The van der Waals surface area contributed by atoms with Crippen molar-refractivity contribution in [3.8, 4) is 0 Å². The van der Waals surface area contributed by atoms with Crippen molar-refractivity contribution in [3.05, 3.63) is 89.0 Å². The number of Topliss-reactive ketones (excluding diaryl/α,β-unsaturated/α-hetero) is 1. The molecular formula is C21H17NO5. The van der Waals surface area contributed by atoms with E-state index in [9.17, 15) is 14.7 Å². The number of hydrogen-bond donors (Lipinski definition) is 1. The highest BCUT2D eigenvalue weighted by atomic mass is 16.3. The average Bonchev–Trinajstić information content (AvgIpc) is 3.39. The number of aliphatic hydroxyl groups is 1. The number of aliphatic hydroxyl groups excluding tert-OH is 1. The Morgan fingerprint density at radius 1 is 1.04 bits per heavy atom. The minimum absolute atomic E-state index is 0.0443. The molecule has 3 aromatic rings. The van der Waals surface area contributed by atoms with Gasteiger partial charge >= 0.3 is 0 Å². The summed E-state index contributed by atoms with van der Waals surface area (Å²) in [7, 11) is 0. The van der Waals surface area contributed by atoms with Crippen LogP contribution in [0.2, 0.25) is 0 Å². The van der Waals surface area contributed by atoms with Gasteiger partial charge in [-0.3, -0.25) is 14.5 Å². The number of furan rings is 2. The number of hydrogen-bond acceptors (Lipinski definition) is 5. The minimum Gasteiger partial charge on any atom is -0.503 e. The number of amides is 1. The van der Waals surface area contributed by atoms with Gasteiger partial charge in [0.1, 0.15) is 11.8 Å². The Hall–Kier alpha value is -3.54. The van der Waals surface area contributed by atoms with E-state index in [2.05, 4.69) is 0 Å². The van der Waals surface area contributed by atoms with Crippen LogP contribution in [0.3, 0.4) is 0 Å². The molecule has 0 fully saturated rings. The Morgan fingerprint density at radius 2 is 1.78 bits per heavy atom. The first-order valence-corrected chi connectivity index (χ1v) is 8.44. The molecule has 27 heavy (non-hydrogen) atoms. The fourth-order valence-corrected chi connectivity index (χ4v) is 3.24. The standard InChI is InChI=1S/C21H17NO5/c1-12-7-8-14(11-13(12)2)22-18(15-5-3-9-26-15)17(20(24)21(22)25)19(23)16-6-4-10-27-16/h3-11,18,24H,1-2H3. The van der Waals surface area contributed by atoms with E-state index in [1.807, 2.05) is 26.0 Å². The maximum Gasteiger partial charge on any atom is 0.294 e. The zero-order chi connectivity index (χ0) is 19.1. The number of rotatable bonds is 4. The van der Waals surface area contributed by atoms with Crippen LogP contribution in [-0.2, 0) is 4.79 Å². The normalized spacial score (nSPS) is 17.0. The van der Waals surface area contributed by atoms with E-state index in [-0.39, 0.29) is 11.3 Å². The van der Waals surface area contributed by atoms with Gasteiger partial charge in [-0.05, 0) is 61.4 Å². The smallest absolute Gasteiger partial charge is 0.294 e. The van der Waals surface area contributed by atoms with Gasteiger partial charge in [0.25, 0.3) is 5.91 Å². The molecule has 1 aliphatic rings. The predicted octanol–water partition coefficient (Wildman–Crippen LogP) is 4.27. The fraction of sp³-hybridized carbons (Fsp3) is 0.143. The number of ketones is 1. The molecule has 6 heteroatoms. The van der Waals surface area contributed by atoms with Gasteiger partial charge in [0.15, 0.2) is 11.5 Å². The maximum atomic E-state index is 12.9. The number of nitrogens with zero attached hydrogens (tertiary/aromatic N) is 1. The Balaban J connectivity index is 1.87. The Labute approximate surface area is 155 Å². The van der Waals surface area contributed by atoms with Crippen LogP contribution in [0.5, 0.6) is 0 Å². The summed E-state index contributed by atoms with van der Waals surface area (Å²) in [6.45, 7) is 3.90. The molecule has 0 aliphatic carbocycles. The van der Waals surface area contributed by atoms with Crippen LogP contribution >= 0.6 is 0 Å². The highest BCUT2D eigenvalue weighted by molar-refractivity contribution is 6.20. The van der Waals surface area contributed by atoms with E-state index in [0.29, 0.717) is 11.4 Å². The Bertz CT molecular complexity index is 1040. The van der Waals surface area contributed by atoms with E-state index in [1.165, 1.54) is 23.5 Å². The van der Waals surface area contributed by atoms with Gasteiger partial charge in [0.05, 0.1) is 18.1 Å². The second-order valence-electron chi connectivity index (χ2n) is 6.43. The topological polar surface area (TPSA) is 83.9 Å². The predicted molar refractivity (Wildman–Crippen MR) is 97.5 cm³/mol. The number of carbonyl (C=O) groups excluding carboxylic acids is 2. The van der Waals surface area contributed by atoms with Crippen molar-refractivity contribution in [3.63, 3.8) is 0 Å². The molecule has 1 amide bonds. The Kier molecular flexibility index (Phi) is 3.96. The lowest BCUT2D eigenvalue weighted by Gasteiger charge is -2.25. The summed E-state index contributed by atoms with van der Waals surface area (Å²) in [6, 6.07) is 11.0. The van der Waals surface area contributed by atoms with Crippen LogP contribution in [0.4, 0.5) is 5.69 Å². The molecule has 0 bridgehead atoms. The quantitative estimate of drug-likeness (QED) is 0.700. The molecule has 0 radical (unpaired) electrons. The first-order valence-electron chi connectivity index (χ1n) is 8.44. The van der Waals surface area contributed by atoms with Crippen LogP contribution in [0.1, 0.15) is 33.5 Å². The molecule has 1 N–H and O–H groups in total. The molecule has 0 spiro atoms. The summed E-state index contributed by atoms with van der Waals surface area (Å²) in [6.07, 6.45) is 2.83. The van der Waals surface area contributed by atoms with Gasteiger partial charge < -0.3 is 13.9 Å². The number of carbonyl (C=O) groups is 2. The second kappa shape index (κ2) is 6.32. The summed E-state index contributed by atoms with van der Waals surface area (Å²) in [5.74, 6) is -1.40. The van der Waals surface area contributed by atoms with Crippen LogP contribution < -0.4 is 4.90 Å². The lowest BCUT2D eigenvalue weighted by Crippen LogP contribution is -2.30. The summed E-state index contributed by atoms with van der Waals surface area (Å²) in [5.41, 5.74) is 2.56. The first kappa shape index (κ1) is 16.9. The molecule has 1 unspecified atom stereocenters. The van der Waals surface area contributed by atoms with Gasteiger partial charge in [-0.25, -0.2) is 0 Å². The zero-order valence-electron chi connectivity index (χ0n) is 14.8. The highest BCUT2D eigenvalue weighted by Crippen LogP contribution is 2.42. The molecule has 6 nitrogen and oxygen atoms in total. The lowest BCUT2D eigenvalue weighted by molar-refractivity contribution is -0.117. The van der Waals surface area contributed by atoms with Crippen LogP contribution in [0.25, 0.3) is 0 Å². The first-order chi connectivity index (χ1) is 13.0. The van der Waals surface area contributed by atoms with Gasteiger partial charge in [-0.15, -0.1) is 0 Å². The van der Waals surface area contributed by atoms with E-state index >= 15 is 0 Å². The van der Waals surface area contributed by atoms with Gasteiger partial charge in [0, 0.05) is 5.69 Å². The van der Waals surface area contributed by atoms with E-state index in [0.717, 1.165) is 11.1 Å². The van der Waals surface area contributed by atoms with Crippen molar-refractivity contribution in [2.45, 2.75) is 19.9 Å². The third kappa shape index (κ3) is 2.66. The molecule has 1 atom stereocenters. The van der Waals surface area contributed by atoms with Crippen LogP contribution in [0.15, 0.2) is 75.2 Å². The largest absolute Gasteiger partial charge is 0.503 e. The van der Waals surface area contributed by atoms with Crippen molar-refractivity contribution >= 4 is 17.4 Å². The van der Waals surface area contributed by atoms with Gasteiger partial charge in [-0.1, -0.05) is 6.07 Å². The summed E-state index contributed by atoms with van der Waals surface area (Å²) in [4.78, 5) is 27.2. The van der Waals surface area contributed by atoms with Crippen molar-refractivity contribution < 1.29 is 23.5 Å². The molecule has 4 rings (SSSR count). The number of anilines is 1. The van der Waals surface area contributed by atoms with E-state index < -0.39 is 23.5 Å². The summed E-state index contributed by atoms with van der Waals surface area (Å²) < 4.78 is 10.7. The molecule has 2 aromatic heterocycles. The SMILES string of the molecule is Cc1ccc(N2C(=O)C(O)=C(C(=O)c3ccco3)C2c2ccco2)cc1C. The molecular weight excluding hydrogens is 346 g/mol. The summed E-state index contributed by atoms with van der Waals surface area (Å²) in [5, 5.41) is 10.5. The van der Waals surface area contributed by atoms with Crippen LogP contribution in [-0.4, -0.2) is 16.8 Å². The average molecular weight is 363 g/mol. The molecule has 0 saturated carbocycles. The van der Waals surface area contributed by atoms with Gasteiger partial charge in [0.2, 0.25) is 5.78 Å². The van der Waals surface area contributed by atoms with Crippen molar-refractivity contribution in [2.75, 3.05) is 4.90 Å². The number of aryl methyl sites for hydroxylation is 2. The second-order valence-corrected chi connectivity index (χ2v) is 6.43. The van der Waals surface area contributed by atoms with Crippen molar-refractivity contribution in [1.82, 2.24) is 0 Å². The lowest BCUT2D eigenvalue weighted by atomic mass is 9.99. The Morgan fingerprint density at radius 3 is 2.41 bits per heavy atom. The molecule has 3 heterocycles.